The van der Waals surface area contributed by atoms with Crippen LogP contribution in [0.25, 0.3) is 0 Å². The van der Waals surface area contributed by atoms with Gasteiger partial charge in [0.05, 0.1) is 12.2 Å². The lowest BCUT2D eigenvalue weighted by molar-refractivity contribution is 0.372. The van der Waals surface area contributed by atoms with E-state index in [0.717, 1.165) is 30.4 Å². The van der Waals surface area contributed by atoms with Crippen LogP contribution < -0.4 is 10.2 Å². The van der Waals surface area contributed by atoms with Crippen molar-refractivity contribution in [2.24, 2.45) is 4.99 Å². The van der Waals surface area contributed by atoms with Crippen molar-refractivity contribution in [1.82, 2.24) is 10.5 Å². The Bertz CT molecular complexity index is 681. The minimum absolute atomic E-state index is 0. The van der Waals surface area contributed by atoms with Gasteiger partial charge in [0.15, 0.2) is 11.7 Å². The van der Waals surface area contributed by atoms with Gasteiger partial charge in [-0.25, -0.2) is 0 Å². The highest BCUT2D eigenvalue weighted by Crippen LogP contribution is 2.27. The van der Waals surface area contributed by atoms with Gasteiger partial charge in [0.1, 0.15) is 0 Å². The number of rotatable bonds is 3. The predicted octanol–water partition coefficient (Wildman–Crippen LogP) is 3.55. The number of aliphatic imine (C=N–C) groups is 1. The first-order chi connectivity index (χ1) is 10.7. The third kappa shape index (κ3) is 3.85. The molecule has 0 fully saturated rings. The molecule has 0 saturated carbocycles. The second-order valence-electron chi connectivity index (χ2n) is 5.80. The highest BCUT2D eigenvalue weighted by molar-refractivity contribution is 14.0. The number of halogens is 1. The quantitative estimate of drug-likeness (QED) is 0.464. The first kappa shape index (κ1) is 17.8. The number of fused-ring (bicyclic) bond motifs is 1. The molecule has 0 aliphatic carbocycles. The van der Waals surface area contributed by atoms with Crippen molar-refractivity contribution in [3.8, 4) is 0 Å². The van der Waals surface area contributed by atoms with E-state index in [2.05, 4.69) is 58.5 Å². The van der Waals surface area contributed by atoms with Crippen LogP contribution in [0.3, 0.4) is 0 Å². The molecule has 6 heteroatoms. The summed E-state index contributed by atoms with van der Waals surface area (Å²) in [6, 6.07) is 10.5. The van der Waals surface area contributed by atoms with Crippen molar-refractivity contribution in [2.75, 3.05) is 18.5 Å². The second-order valence-corrected chi connectivity index (χ2v) is 5.80. The molecule has 0 spiro atoms. The Morgan fingerprint density at radius 2 is 2.17 bits per heavy atom. The van der Waals surface area contributed by atoms with E-state index in [1.165, 1.54) is 11.3 Å². The van der Waals surface area contributed by atoms with Crippen LogP contribution in [-0.2, 0) is 13.0 Å². The molecule has 0 radical (unpaired) electrons. The monoisotopic (exact) mass is 426 g/mol. The zero-order chi connectivity index (χ0) is 15.5. The molecule has 1 aromatic carbocycles. The third-order valence-corrected chi connectivity index (χ3v) is 3.94. The van der Waals surface area contributed by atoms with Gasteiger partial charge in [-0.2, -0.15) is 0 Å². The van der Waals surface area contributed by atoms with Gasteiger partial charge in [0.25, 0.3) is 0 Å². The predicted molar refractivity (Wildman–Crippen MR) is 104 cm³/mol. The maximum absolute atomic E-state index is 5.37. The molecule has 23 heavy (non-hydrogen) atoms. The summed E-state index contributed by atoms with van der Waals surface area (Å²) in [6.07, 6.45) is 1.05. The maximum Gasteiger partial charge on any atom is 0.198 e. The number of hydrogen-bond donors (Lipinski definition) is 1. The summed E-state index contributed by atoms with van der Waals surface area (Å²) in [5.41, 5.74) is 3.58. The second kappa shape index (κ2) is 7.81. The van der Waals surface area contributed by atoms with E-state index in [1.54, 1.807) is 0 Å². The summed E-state index contributed by atoms with van der Waals surface area (Å²) in [5.74, 6) is 2.08. The minimum Gasteiger partial charge on any atom is -0.359 e. The molecule has 2 aromatic rings. The smallest absolute Gasteiger partial charge is 0.198 e. The zero-order valence-electron chi connectivity index (χ0n) is 13.7. The van der Waals surface area contributed by atoms with Gasteiger partial charge in [-0.05, 0) is 24.0 Å². The Hall–Kier alpha value is -1.57. The maximum atomic E-state index is 5.37. The van der Waals surface area contributed by atoms with E-state index in [4.69, 9.17) is 4.52 Å². The minimum atomic E-state index is 0. The Labute approximate surface area is 154 Å². The molecule has 0 bridgehead atoms. The van der Waals surface area contributed by atoms with Crippen LogP contribution in [0.2, 0.25) is 0 Å². The molecule has 1 aliphatic rings. The molecule has 0 amide bonds. The summed E-state index contributed by atoms with van der Waals surface area (Å²) in [4.78, 5) is 6.61. The molecule has 1 aromatic heterocycles. The largest absolute Gasteiger partial charge is 0.359 e. The van der Waals surface area contributed by atoms with Gasteiger partial charge >= 0.3 is 0 Å². The topological polar surface area (TPSA) is 53.7 Å². The van der Waals surface area contributed by atoms with Crippen LogP contribution in [0.5, 0.6) is 0 Å². The number of nitrogens with zero attached hydrogens (tertiary/aromatic N) is 3. The fourth-order valence-electron chi connectivity index (χ4n) is 2.70. The summed E-state index contributed by atoms with van der Waals surface area (Å²) in [6.45, 7) is 5.75. The molecular formula is C17H23IN4O. The molecule has 3 rings (SSSR count). The summed E-state index contributed by atoms with van der Waals surface area (Å²) >= 11 is 0. The van der Waals surface area contributed by atoms with E-state index in [9.17, 15) is 0 Å². The number of guanidine groups is 1. The van der Waals surface area contributed by atoms with Crippen molar-refractivity contribution < 1.29 is 4.52 Å². The van der Waals surface area contributed by atoms with Gasteiger partial charge in [-0.3, -0.25) is 4.99 Å². The lowest BCUT2D eigenvalue weighted by Gasteiger charge is -2.21. The van der Waals surface area contributed by atoms with Crippen molar-refractivity contribution >= 4 is 35.6 Å². The lowest BCUT2D eigenvalue weighted by atomic mass is 10.1. The van der Waals surface area contributed by atoms with E-state index in [1.807, 2.05) is 13.1 Å². The van der Waals surface area contributed by atoms with Crippen LogP contribution in [0.15, 0.2) is 39.8 Å². The van der Waals surface area contributed by atoms with Crippen LogP contribution in [0, 0.1) is 0 Å². The van der Waals surface area contributed by atoms with E-state index in [0.29, 0.717) is 12.5 Å². The summed E-state index contributed by atoms with van der Waals surface area (Å²) in [7, 11) is 1.81. The normalized spacial score (nSPS) is 13.9. The SMILES string of the molecule is CN=C(NCc1cc(C(C)C)no1)N1CCc2ccccc21.I. The molecule has 0 unspecified atom stereocenters. The number of hydrogen-bond acceptors (Lipinski definition) is 3. The van der Waals surface area contributed by atoms with Gasteiger partial charge in [-0.15, -0.1) is 24.0 Å². The molecule has 1 aliphatic heterocycles. The first-order valence-corrected chi connectivity index (χ1v) is 7.70. The Kier molecular flexibility index (Phi) is 6.04. The van der Waals surface area contributed by atoms with E-state index >= 15 is 0 Å². The molecule has 0 atom stereocenters. The molecule has 124 valence electrons. The van der Waals surface area contributed by atoms with Crippen LogP contribution in [-0.4, -0.2) is 24.7 Å². The van der Waals surface area contributed by atoms with Gasteiger partial charge in [0.2, 0.25) is 0 Å². The zero-order valence-corrected chi connectivity index (χ0v) is 16.1. The fraction of sp³-hybridized carbons (Fsp3) is 0.412. The Morgan fingerprint density at radius 3 is 2.87 bits per heavy atom. The highest BCUT2D eigenvalue weighted by Gasteiger charge is 2.22. The fourth-order valence-corrected chi connectivity index (χ4v) is 2.70. The van der Waals surface area contributed by atoms with E-state index < -0.39 is 0 Å². The third-order valence-electron chi connectivity index (χ3n) is 3.94. The standard InChI is InChI=1S/C17H22N4O.HI/c1-12(2)15-10-14(22-20-15)11-19-17(18-3)21-9-8-13-6-4-5-7-16(13)21;/h4-7,10,12H,8-9,11H2,1-3H3,(H,18,19);1H. The van der Waals surface area contributed by atoms with Crippen molar-refractivity contribution in [1.29, 1.82) is 0 Å². The van der Waals surface area contributed by atoms with Crippen molar-refractivity contribution in [2.45, 2.75) is 32.7 Å². The van der Waals surface area contributed by atoms with Crippen LogP contribution in [0.1, 0.15) is 36.8 Å². The lowest BCUT2D eigenvalue weighted by Crippen LogP contribution is -2.40. The van der Waals surface area contributed by atoms with Gasteiger partial charge < -0.3 is 14.7 Å². The number of aromatic nitrogens is 1. The average molecular weight is 426 g/mol. The van der Waals surface area contributed by atoms with Crippen molar-refractivity contribution in [3.05, 3.63) is 47.3 Å². The highest BCUT2D eigenvalue weighted by atomic mass is 127. The first-order valence-electron chi connectivity index (χ1n) is 7.70. The Balaban J connectivity index is 0.00000192. The number of anilines is 1. The number of para-hydroxylation sites is 1. The molecule has 0 saturated heterocycles. The molecule has 1 N–H and O–H groups in total. The van der Waals surface area contributed by atoms with Crippen molar-refractivity contribution in [3.63, 3.8) is 0 Å². The number of nitrogens with one attached hydrogen (secondary N) is 1. The van der Waals surface area contributed by atoms with Gasteiger partial charge in [0, 0.05) is 25.3 Å². The molecule has 5 nitrogen and oxygen atoms in total. The van der Waals surface area contributed by atoms with Crippen LogP contribution in [0.4, 0.5) is 5.69 Å². The van der Waals surface area contributed by atoms with Gasteiger partial charge in [-0.1, -0.05) is 37.2 Å². The summed E-state index contributed by atoms with van der Waals surface area (Å²) in [5, 5.41) is 7.45. The Morgan fingerprint density at radius 1 is 1.39 bits per heavy atom. The van der Waals surface area contributed by atoms with E-state index in [-0.39, 0.29) is 24.0 Å². The van der Waals surface area contributed by atoms with Crippen LogP contribution >= 0.6 is 24.0 Å². The number of benzene rings is 1. The summed E-state index contributed by atoms with van der Waals surface area (Å²) < 4.78 is 5.37. The molecule has 2 heterocycles. The average Bonchev–Trinajstić information content (AvgIpc) is 3.15. The molecular weight excluding hydrogens is 403 g/mol.